The fourth-order valence-corrected chi connectivity index (χ4v) is 2.67. The maximum atomic E-state index is 5.73. The highest BCUT2D eigenvalue weighted by molar-refractivity contribution is 5.34. The fourth-order valence-electron chi connectivity index (χ4n) is 2.67. The molecule has 0 saturated heterocycles. The molecule has 1 aliphatic rings. The molecular weight excluding hydrogens is 238 g/mol. The average molecular weight is 263 g/mol. The Hall–Kier alpha value is -1.13. The van der Waals surface area contributed by atoms with Crippen LogP contribution in [0.1, 0.15) is 32.9 Å². The lowest BCUT2D eigenvalue weighted by molar-refractivity contribution is -0.113. The molecule has 0 spiro atoms. The van der Waals surface area contributed by atoms with Gasteiger partial charge in [0.25, 0.3) is 0 Å². The van der Waals surface area contributed by atoms with Gasteiger partial charge in [-0.15, -0.1) is 0 Å². The number of nitrogens with two attached hydrogens (primary N) is 1. The Morgan fingerprint density at radius 1 is 1.47 bits per heavy atom. The molecule has 1 saturated carbocycles. The zero-order valence-corrected chi connectivity index (χ0v) is 12.1. The molecule has 1 aromatic rings. The Bertz CT molecular complexity index is 402. The first-order valence-electron chi connectivity index (χ1n) is 7.09. The van der Waals surface area contributed by atoms with Crippen LogP contribution in [0.4, 0.5) is 5.69 Å². The van der Waals surface area contributed by atoms with E-state index < -0.39 is 0 Å². The van der Waals surface area contributed by atoms with Crippen molar-refractivity contribution in [2.24, 2.45) is 5.41 Å². The summed E-state index contributed by atoms with van der Waals surface area (Å²) < 4.78 is 5.73. The number of hydrogen-bond donors (Lipinski definition) is 2. The van der Waals surface area contributed by atoms with Gasteiger partial charge < -0.3 is 15.8 Å². The minimum Gasteiger partial charge on any atom is -0.397 e. The number of hydrogen-bond acceptors (Lipinski definition) is 4. The number of anilines is 1. The van der Waals surface area contributed by atoms with Crippen LogP contribution in [0.3, 0.4) is 0 Å². The second kappa shape index (κ2) is 5.88. The van der Waals surface area contributed by atoms with E-state index in [2.05, 4.69) is 31.1 Å². The molecule has 4 nitrogen and oxygen atoms in total. The molecule has 0 aliphatic heterocycles. The van der Waals surface area contributed by atoms with Crippen LogP contribution in [-0.2, 0) is 11.2 Å². The van der Waals surface area contributed by atoms with Crippen LogP contribution in [-0.4, -0.2) is 30.3 Å². The second-order valence-electron chi connectivity index (χ2n) is 5.84. The van der Waals surface area contributed by atoms with Gasteiger partial charge >= 0.3 is 0 Å². The third kappa shape index (κ3) is 3.25. The van der Waals surface area contributed by atoms with Crippen LogP contribution in [0.5, 0.6) is 0 Å². The van der Waals surface area contributed by atoms with E-state index in [1.165, 1.54) is 0 Å². The molecule has 1 aromatic heterocycles. The van der Waals surface area contributed by atoms with Crippen LogP contribution >= 0.6 is 0 Å². The lowest BCUT2D eigenvalue weighted by Gasteiger charge is -2.52. The predicted octanol–water partition coefficient (Wildman–Crippen LogP) is 2.00. The molecular formula is C15H25N3O. The van der Waals surface area contributed by atoms with E-state index in [4.69, 9.17) is 10.5 Å². The molecule has 2 atom stereocenters. The Kier molecular flexibility index (Phi) is 4.42. The zero-order valence-electron chi connectivity index (χ0n) is 12.1. The van der Waals surface area contributed by atoms with E-state index in [9.17, 15) is 0 Å². The first-order valence-corrected chi connectivity index (χ1v) is 7.09. The van der Waals surface area contributed by atoms with Crippen molar-refractivity contribution in [3.63, 3.8) is 0 Å². The third-order valence-corrected chi connectivity index (χ3v) is 4.17. The SMILES string of the molecule is CCOC1CC(NCCc2ccc(N)cn2)C1(C)C. The number of nitrogens with one attached hydrogen (secondary N) is 1. The predicted molar refractivity (Wildman–Crippen MR) is 78.0 cm³/mol. The molecule has 0 amide bonds. The molecule has 4 heteroatoms. The standard InChI is InChI=1S/C15H25N3O/c1-4-19-14-9-13(15(14,2)3)17-8-7-12-6-5-11(16)10-18-12/h5-6,10,13-14,17H,4,7-9,16H2,1-3H3. The lowest BCUT2D eigenvalue weighted by Crippen LogP contribution is -2.61. The molecule has 106 valence electrons. The number of nitrogens with zero attached hydrogens (tertiary/aromatic N) is 1. The molecule has 1 heterocycles. The molecule has 2 rings (SSSR count). The fraction of sp³-hybridized carbons (Fsp3) is 0.667. The number of nitrogen functional groups attached to an aromatic ring is 1. The summed E-state index contributed by atoms with van der Waals surface area (Å²) in [5.41, 5.74) is 7.65. The Labute approximate surface area is 115 Å². The van der Waals surface area contributed by atoms with E-state index in [1.807, 2.05) is 12.1 Å². The van der Waals surface area contributed by atoms with E-state index in [-0.39, 0.29) is 5.41 Å². The van der Waals surface area contributed by atoms with Crippen LogP contribution in [0, 0.1) is 5.41 Å². The minimum absolute atomic E-state index is 0.227. The average Bonchev–Trinajstić information content (AvgIpc) is 2.39. The monoisotopic (exact) mass is 263 g/mol. The minimum atomic E-state index is 0.227. The van der Waals surface area contributed by atoms with Gasteiger partial charge in [0, 0.05) is 36.7 Å². The maximum absolute atomic E-state index is 5.73. The van der Waals surface area contributed by atoms with Crippen molar-refractivity contribution in [1.29, 1.82) is 0 Å². The lowest BCUT2D eigenvalue weighted by atomic mass is 9.64. The van der Waals surface area contributed by atoms with Crippen LogP contribution in [0.15, 0.2) is 18.3 Å². The van der Waals surface area contributed by atoms with Crippen LogP contribution < -0.4 is 11.1 Å². The number of ether oxygens (including phenoxy) is 1. The highest BCUT2D eigenvalue weighted by atomic mass is 16.5. The van der Waals surface area contributed by atoms with Crippen molar-refractivity contribution in [3.8, 4) is 0 Å². The number of aromatic nitrogens is 1. The van der Waals surface area contributed by atoms with E-state index in [1.54, 1.807) is 6.20 Å². The van der Waals surface area contributed by atoms with Gasteiger partial charge in [-0.25, -0.2) is 0 Å². The summed E-state index contributed by atoms with van der Waals surface area (Å²) in [4.78, 5) is 4.31. The molecule has 0 aromatic carbocycles. The normalized spacial score (nSPS) is 25.0. The van der Waals surface area contributed by atoms with E-state index in [0.717, 1.165) is 37.4 Å². The first-order chi connectivity index (χ1) is 9.04. The van der Waals surface area contributed by atoms with Crippen molar-refractivity contribution in [2.75, 3.05) is 18.9 Å². The molecule has 2 unspecified atom stereocenters. The highest BCUT2D eigenvalue weighted by Gasteiger charge is 2.48. The summed E-state index contributed by atoms with van der Waals surface area (Å²) >= 11 is 0. The summed E-state index contributed by atoms with van der Waals surface area (Å²) in [6, 6.07) is 4.44. The molecule has 1 fully saturated rings. The number of rotatable bonds is 6. The van der Waals surface area contributed by atoms with E-state index >= 15 is 0 Å². The third-order valence-electron chi connectivity index (χ3n) is 4.17. The Balaban J connectivity index is 1.74. The van der Waals surface area contributed by atoms with Gasteiger partial charge in [0.15, 0.2) is 0 Å². The van der Waals surface area contributed by atoms with Crippen molar-refractivity contribution < 1.29 is 4.74 Å². The zero-order chi connectivity index (χ0) is 13.9. The quantitative estimate of drug-likeness (QED) is 0.824. The van der Waals surface area contributed by atoms with Crippen molar-refractivity contribution in [3.05, 3.63) is 24.0 Å². The summed E-state index contributed by atoms with van der Waals surface area (Å²) in [7, 11) is 0. The van der Waals surface area contributed by atoms with Gasteiger partial charge in [0.2, 0.25) is 0 Å². The Morgan fingerprint density at radius 3 is 2.84 bits per heavy atom. The molecule has 1 aliphatic carbocycles. The van der Waals surface area contributed by atoms with Gasteiger partial charge in [-0.05, 0) is 25.5 Å². The Morgan fingerprint density at radius 2 is 2.26 bits per heavy atom. The molecule has 0 bridgehead atoms. The summed E-state index contributed by atoms with van der Waals surface area (Å²) in [6.07, 6.45) is 4.15. The van der Waals surface area contributed by atoms with Crippen LogP contribution in [0.25, 0.3) is 0 Å². The van der Waals surface area contributed by atoms with Gasteiger partial charge in [0.05, 0.1) is 18.0 Å². The summed E-state index contributed by atoms with van der Waals surface area (Å²) in [6.45, 7) is 8.36. The number of pyridine rings is 1. The van der Waals surface area contributed by atoms with Gasteiger partial charge in [-0.1, -0.05) is 13.8 Å². The highest BCUT2D eigenvalue weighted by Crippen LogP contribution is 2.42. The smallest absolute Gasteiger partial charge is 0.0655 e. The van der Waals surface area contributed by atoms with Gasteiger partial charge in [0.1, 0.15) is 0 Å². The van der Waals surface area contributed by atoms with Gasteiger partial charge in [-0.2, -0.15) is 0 Å². The topological polar surface area (TPSA) is 60.2 Å². The van der Waals surface area contributed by atoms with Gasteiger partial charge in [-0.3, -0.25) is 4.98 Å². The summed E-state index contributed by atoms with van der Waals surface area (Å²) in [5.74, 6) is 0. The maximum Gasteiger partial charge on any atom is 0.0655 e. The van der Waals surface area contributed by atoms with E-state index in [0.29, 0.717) is 12.1 Å². The van der Waals surface area contributed by atoms with Crippen molar-refractivity contribution in [1.82, 2.24) is 10.3 Å². The second-order valence-corrected chi connectivity index (χ2v) is 5.84. The molecule has 19 heavy (non-hydrogen) atoms. The largest absolute Gasteiger partial charge is 0.397 e. The van der Waals surface area contributed by atoms with Crippen LogP contribution in [0.2, 0.25) is 0 Å². The molecule has 0 radical (unpaired) electrons. The molecule has 3 N–H and O–H groups in total. The van der Waals surface area contributed by atoms with Crippen molar-refractivity contribution in [2.45, 2.75) is 45.8 Å². The first kappa shape index (κ1) is 14.3. The van der Waals surface area contributed by atoms with Crippen molar-refractivity contribution >= 4 is 5.69 Å². The summed E-state index contributed by atoms with van der Waals surface area (Å²) in [5, 5.41) is 3.61.